The van der Waals surface area contributed by atoms with E-state index in [-0.39, 0.29) is 0 Å². The Bertz CT molecular complexity index is 428. The number of rotatable bonds is 3. The van der Waals surface area contributed by atoms with Crippen LogP contribution < -0.4 is 5.48 Å². The molecule has 0 atom stereocenters. The number of hydroxylamine groups is 1. The summed E-state index contributed by atoms with van der Waals surface area (Å²) in [5.74, 6) is 0. The topological polar surface area (TPSA) is 34.1 Å². The largest absolute Gasteiger partial charge is 0.305 e. The maximum atomic E-state index is 4.79. The number of aromatic nitrogens is 1. The van der Waals surface area contributed by atoms with Gasteiger partial charge in [0.05, 0.1) is 7.11 Å². The highest BCUT2D eigenvalue weighted by Gasteiger charge is 1.95. The molecule has 3 nitrogen and oxygen atoms in total. The fourth-order valence-electron chi connectivity index (χ4n) is 1.40. The molecular formula is C11H12N2O. The molecule has 0 bridgehead atoms. The van der Waals surface area contributed by atoms with E-state index in [0.29, 0.717) is 6.54 Å². The second kappa shape index (κ2) is 4.17. The van der Waals surface area contributed by atoms with E-state index in [0.717, 1.165) is 5.39 Å². The molecule has 0 aliphatic rings. The molecular weight excluding hydrogens is 176 g/mol. The van der Waals surface area contributed by atoms with Crippen molar-refractivity contribution in [3.8, 4) is 0 Å². The smallest absolute Gasteiger partial charge is 0.0572 e. The molecule has 1 aromatic heterocycles. The van der Waals surface area contributed by atoms with Gasteiger partial charge in [0.2, 0.25) is 0 Å². The van der Waals surface area contributed by atoms with E-state index in [1.165, 1.54) is 10.9 Å². The van der Waals surface area contributed by atoms with Crippen LogP contribution >= 0.6 is 0 Å². The Labute approximate surface area is 82.7 Å². The molecule has 0 radical (unpaired) electrons. The van der Waals surface area contributed by atoms with Crippen molar-refractivity contribution in [3.05, 3.63) is 42.2 Å². The second-order valence-corrected chi connectivity index (χ2v) is 3.08. The molecule has 0 fully saturated rings. The summed E-state index contributed by atoms with van der Waals surface area (Å²) < 4.78 is 0. The van der Waals surface area contributed by atoms with Crippen LogP contribution in [0.1, 0.15) is 5.56 Å². The summed E-state index contributed by atoms with van der Waals surface area (Å²) >= 11 is 0. The Kier molecular flexibility index (Phi) is 2.72. The predicted molar refractivity (Wildman–Crippen MR) is 55.6 cm³/mol. The summed E-state index contributed by atoms with van der Waals surface area (Å²) in [7, 11) is 1.61. The van der Waals surface area contributed by atoms with E-state index in [1.54, 1.807) is 13.3 Å². The molecule has 72 valence electrons. The van der Waals surface area contributed by atoms with E-state index >= 15 is 0 Å². The molecule has 0 saturated heterocycles. The van der Waals surface area contributed by atoms with Gasteiger partial charge in [-0.3, -0.25) is 4.98 Å². The first-order valence-electron chi connectivity index (χ1n) is 4.48. The van der Waals surface area contributed by atoms with Crippen LogP contribution in [-0.4, -0.2) is 12.1 Å². The molecule has 0 aliphatic heterocycles. The second-order valence-electron chi connectivity index (χ2n) is 3.08. The lowest BCUT2D eigenvalue weighted by atomic mass is 10.1. The van der Waals surface area contributed by atoms with Crippen LogP contribution in [-0.2, 0) is 11.4 Å². The van der Waals surface area contributed by atoms with Gasteiger partial charge in [-0.25, -0.2) is 0 Å². The van der Waals surface area contributed by atoms with Crippen molar-refractivity contribution < 1.29 is 4.84 Å². The number of fused-ring (bicyclic) bond motifs is 1. The third kappa shape index (κ3) is 1.89. The Morgan fingerprint density at radius 1 is 1.29 bits per heavy atom. The van der Waals surface area contributed by atoms with Gasteiger partial charge in [-0.05, 0) is 23.1 Å². The molecule has 14 heavy (non-hydrogen) atoms. The van der Waals surface area contributed by atoms with Gasteiger partial charge in [0.25, 0.3) is 0 Å². The van der Waals surface area contributed by atoms with E-state index in [2.05, 4.69) is 28.7 Å². The zero-order valence-electron chi connectivity index (χ0n) is 8.03. The Morgan fingerprint density at radius 2 is 2.21 bits per heavy atom. The van der Waals surface area contributed by atoms with Gasteiger partial charge in [0, 0.05) is 24.3 Å². The standard InChI is InChI=1S/C11H12N2O/c1-14-13-7-9-2-3-10-4-5-12-8-11(10)6-9/h2-6,8,13H,7H2,1H3. The molecule has 0 saturated carbocycles. The molecule has 3 heteroatoms. The first-order chi connectivity index (χ1) is 6.90. The van der Waals surface area contributed by atoms with Crippen LogP contribution in [0, 0.1) is 0 Å². The summed E-state index contributed by atoms with van der Waals surface area (Å²) in [5, 5.41) is 2.36. The summed E-state index contributed by atoms with van der Waals surface area (Å²) in [6, 6.07) is 8.27. The summed E-state index contributed by atoms with van der Waals surface area (Å²) in [5.41, 5.74) is 4.00. The van der Waals surface area contributed by atoms with Gasteiger partial charge in [0.15, 0.2) is 0 Å². The van der Waals surface area contributed by atoms with Crippen molar-refractivity contribution in [2.24, 2.45) is 0 Å². The van der Waals surface area contributed by atoms with E-state index in [4.69, 9.17) is 4.84 Å². The normalized spacial score (nSPS) is 10.6. The van der Waals surface area contributed by atoms with Gasteiger partial charge in [-0.15, -0.1) is 0 Å². The fourth-order valence-corrected chi connectivity index (χ4v) is 1.40. The third-order valence-corrected chi connectivity index (χ3v) is 2.13. The Balaban J connectivity index is 2.32. The molecule has 2 rings (SSSR count). The quantitative estimate of drug-likeness (QED) is 0.747. The SMILES string of the molecule is CONCc1ccc2ccncc2c1. The van der Waals surface area contributed by atoms with Crippen molar-refractivity contribution in [2.45, 2.75) is 6.54 Å². The van der Waals surface area contributed by atoms with Crippen molar-refractivity contribution in [2.75, 3.05) is 7.11 Å². The maximum absolute atomic E-state index is 4.79. The van der Waals surface area contributed by atoms with Crippen LogP contribution in [0.25, 0.3) is 10.8 Å². The highest BCUT2D eigenvalue weighted by atomic mass is 16.6. The number of pyridine rings is 1. The van der Waals surface area contributed by atoms with Gasteiger partial charge in [0.1, 0.15) is 0 Å². The van der Waals surface area contributed by atoms with E-state index < -0.39 is 0 Å². The molecule has 1 N–H and O–H groups in total. The molecule has 1 aromatic carbocycles. The van der Waals surface area contributed by atoms with Crippen LogP contribution in [0.4, 0.5) is 0 Å². The lowest BCUT2D eigenvalue weighted by Gasteiger charge is -2.03. The highest BCUT2D eigenvalue weighted by molar-refractivity contribution is 5.81. The Morgan fingerprint density at radius 3 is 3.07 bits per heavy atom. The van der Waals surface area contributed by atoms with Crippen LogP contribution in [0.5, 0.6) is 0 Å². The minimum absolute atomic E-state index is 0.710. The minimum Gasteiger partial charge on any atom is -0.305 e. The number of nitrogens with zero attached hydrogens (tertiary/aromatic N) is 1. The average Bonchev–Trinajstić information content (AvgIpc) is 2.26. The zero-order chi connectivity index (χ0) is 9.80. The third-order valence-electron chi connectivity index (χ3n) is 2.13. The zero-order valence-corrected chi connectivity index (χ0v) is 8.03. The van der Waals surface area contributed by atoms with Crippen molar-refractivity contribution >= 4 is 10.8 Å². The number of nitrogens with one attached hydrogen (secondary N) is 1. The number of hydrogen-bond donors (Lipinski definition) is 1. The molecule has 0 spiro atoms. The fraction of sp³-hybridized carbons (Fsp3) is 0.182. The first kappa shape index (κ1) is 9.12. The molecule has 2 aromatic rings. The Hall–Kier alpha value is -1.45. The summed E-state index contributed by atoms with van der Waals surface area (Å²) in [6.07, 6.45) is 3.67. The van der Waals surface area contributed by atoms with Gasteiger partial charge in [-0.2, -0.15) is 5.48 Å². The predicted octanol–water partition coefficient (Wildman–Crippen LogP) is 1.89. The van der Waals surface area contributed by atoms with Crippen LogP contribution in [0.2, 0.25) is 0 Å². The van der Waals surface area contributed by atoms with E-state index in [9.17, 15) is 0 Å². The minimum atomic E-state index is 0.710. The molecule has 0 aliphatic carbocycles. The first-order valence-corrected chi connectivity index (χ1v) is 4.48. The molecule has 0 unspecified atom stereocenters. The molecule has 1 heterocycles. The lowest BCUT2D eigenvalue weighted by Crippen LogP contribution is -2.10. The highest BCUT2D eigenvalue weighted by Crippen LogP contribution is 2.14. The van der Waals surface area contributed by atoms with Crippen molar-refractivity contribution in [1.29, 1.82) is 0 Å². The van der Waals surface area contributed by atoms with Gasteiger partial charge < -0.3 is 4.84 Å². The summed E-state index contributed by atoms with van der Waals surface area (Å²) in [4.78, 5) is 8.87. The molecule has 0 amide bonds. The maximum Gasteiger partial charge on any atom is 0.0572 e. The van der Waals surface area contributed by atoms with Gasteiger partial charge >= 0.3 is 0 Å². The lowest BCUT2D eigenvalue weighted by molar-refractivity contribution is 0.0867. The monoisotopic (exact) mass is 188 g/mol. The van der Waals surface area contributed by atoms with Gasteiger partial charge in [-0.1, -0.05) is 12.1 Å². The van der Waals surface area contributed by atoms with Crippen molar-refractivity contribution in [1.82, 2.24) is 10.5 Å². The summed E-state index contributed by atoms with van der Waals surface area (Å²) in [6.45, 7) is 0.710. The van der Waals surface area contributed by atoms with E-state index in [1.807, 2.05) is 12.3 Å². The van der Waals surface area contributed by atoms with Crippen LogP contribution in [0.3, 0.4) is 0 Å². The van der Waals surface area contributed by atoms with Crippen LogP contribution in [0.15, 0.2) is 36.7 Å². The van der Waals surface area contributed by atoms with Crippen molar-refractivity contribution in [3.63, 3.8) is 0 Å². The average molecular weight is 188 g/mol. The number of hydrogen-bond acceptors (Lipinski definition) is 3. The number of benzene rings is 1.